The van der Waals surface area contributed by atoms with Crippen LogP contribution in [0.25, 0.3) is 0 Å². The van der Waals surface area contributed by atoms with Crippen molar-refractivity contribution in [3.05, 3.63) is 24.3 Å². The Morgan fingerprint density at radius 3 is 1.48 bits per heavy atom. The van der Waals surface area contributed by atoms with Crippen LogP contribution in [0, 0.1) is 0 Å². The minimum absolute atomic E-state index is 0.104. The fraction of sp³-hybridized carbons (Fsp3) is 0.600. The molecule has 120 valence electrons. The average Bonchev–Trinajstić information content (AvgIpc) is 2.49. The van der Waals surface area contributed by atoms with Gasteiger partial charge in [-0.05, 0) is 24.0 Å². The lowest BCUT2D eigenvalue weighted by Crippen LogP contribution is -2.14. The van der Waals surface area contributed by atoms with Crippen molar-refractivity contribution in [2.45, 2.75) is 33.1 Å². The van der Waals surface area contributed by atoms with Gasteiger partial charge in [0.15, 0.2) is 0 Å². The Morgan fingerprint density at radius 1 is 0.762 bits per heavy atom. The van der Waals surface area contributed by atoms with Crippen LogP contribution in [0.2, 0.25) is 0 Å². The van der Waals surface area contributed by atoms with E-state index in [1.54, 1.807) is 0 Å². The second-order valence-electron chi connectivity index (χ2n) is 4.33. The zero-order valence-corrected chi connectivity index (χ0v) is 12.8. The van der Waals surface area contributed by atoms with Gasteiger partial charge in [-0.15, -0.1) is 0 Å². The summed E-state index contributed by atoms with van der Waals surface area (Å²) in [5, 5.41) is 0. The number of rotatable bonds is 10. The molecule has 6 nitrogen and oxygen atoms in total. The highest BCUT2D eigenvalue weighted by Crippen LogP contribution is 2.00. The SMILES string of the molecule is C=C(CC)COC(=O)OCCCOC(=O)OCC(=C)CC. The van der Waals surface area contributed by atoms with Crippen LogP contribution in [0.1, 0.15) is 33.1 Å². The van der Waals surface area contributed by atoms with E-state index in [-0.39, 0.29) is 26.4 Å². The van der Waals surface area contributed by atoms with Crippen molar-refractivity contribution in [1.82, 2.24) is 0 Å². The minimum atomic E-state index is -0.758. The zero-order chi connectivity index (χ0) is 16.1. The molecule has 0 bridgehead atoms. The Labute approximate surface area is 125 Å². The Balaban J connectivity index is 3.50. The van der Waals surface area contributed by atoms with Crippen LogP contribution < -0.4 is 0 Å². The molecule has 0 saturated carbocycles. The van der Waals surface area contributed by atoms with Gasteiger partial charge in [0, 0.05) is 6.42 Å². The lowest BCUT2D eigenvalue weighted by atomic mass is 10.3. The summed E-state index contributed by atoms with van der Waals surface area (Å²) in [5.74, 6) is 0. The molecule has 0 aromatic carbocycles. The molecule has 0 unspecified atom stereocenters. The van der Waals surface area contributed by atoms with Gasteiger partial charge in [-0.1, -0.05) is 27.0 Å². The van der Waals surface area contributed by atoms with Crippen molar-refractivity contribution in [2.24, 2.45) is 0 Å². The molecule has 0 heterocycles. The number of hydrogen-bond donors (Lipinski definition) is 0. The lowest BCUT2D eigenvalue weighted by molar-refractivity contribution is 0.0421. The van der Waals surface area contributed by atoms with Crippen molar-refractivity contribution < 1.29 is 28.5 Å². The topological polar surface area (TPSA) is 71.1 Å². The van der Waals surface area contributed by atoms with Gasteiger partial charge in [0.25, 0.3) is 0 Å². The summed E-state index contributed by atoms with van der Waals surface area (Å²) in [4.78, 5) is 22.3. The molecule has 0 atom stereocenters. The molecule has 6 heteroatoms. The van der Waals surface area contributed by atoms with Crippen LogP contribution in [0.4, 0.5) is 9.59 Å². The summed E-state index contributed by atoms with van der Waals surface area (Å²) in [5.41, 5.74) is 1.62. The zero-order valence-electron chi connectivity index (χ0n) is 12.8. The highest BCUT2D eigenvalue weighted by Gasteiger charge is 2.06. The average molecular weight is 300 g/mol. The van der Waals surface area contributed by atoms with Crippen molar-refractivity contribution >= 4 is 12.3 Å². The van der Waals surface area contributed by atoms with E-state index in [1.807, 2.05) is 13.8 Å². The van der Waals surface area contributed by atoms with E-state index >= 15 is 0 Å². The second-order valence-corrected chi connectivity index (χ2v) is 4.33. The smallest absolute Gasteiger partial charge is 0.434 e. The fourth-order valence-electron chi connectivity index (χ4n) is 0.979. The summed E-state index contributed by atoms with van der Waals surface area (Å²) in [6, 6.07) is 0. The molecule has 0 aliphatic carbocycles. The monoisotopic (exact) mass is 300 g/mol. The van der Waals surface area contributed by atoms with E-state index in [1.165, 1.54) is 0 Å². The van der Waals surface area contributed by atoms with Gasteiger partial charge in [-0.2, -0.15) is 0 Å². The van der Waals surface area contributed by atoms with E-state index in [0.717, 1.165) is 24.0 Å². The molecule has 0 aliphatic rings. The van der Waals surface area contributed by atoms with Crippen molar-refractivity contribution in [2.75, 3.05) is 26.4 Å². The molecular weight excluding hydrogens is 276 g/mol. The van der Waals surface area contributed by atoms with Gasteiger partial charge >= 0.3 is 12.3 Å². The third-order valence-electron chi connectivity index (χ3n) is 2.52. The van der Waals surface area contributed by atoms with Gasteiger partial charge in [-0.3, -0.25) is 0 Å². The van der Waals surface area contributed by atoms with Gasteiger partial charge in [0.2, 0.25) is 0 Å². The van der Waals surface area contributed by atoms with Gasteiger partial charge in [0.1, 0.15) is 13.2 Å². The van der Waals surface area contributed by atoms with Crippen LogP contribution in [0.3, 0.4) is 0 Å². The van der Waals surface area contributed by atoms with E-state index in [9.17, 15) is 9.59 Å². The third-order valence-corrected chi connectivity index (χ3v) is 2.52. The predicted molar refractivity (Wildman–Crippen MR) is 78.1 cm³/mol. The normalized spacial score (nSPS) is 9.62. The van der Waals surface area contributed by atoms with Crippen LogP contribution in [0.5, 0.6) is 0 Å². The number of carbonyl (C=O) groups excluding carboxylic acids is 2. The van der Waals surface area contributed by atoms with Gasteiger partial charge in [0.05, 0.1) is 13.2 Å². The van der Waals surface area contributed by atoms with Gasteiger partial charge in [-0.25, -0.2) is 9.59 Å². The molecule has 0 fully saturated rings. The first kappa shape index (κ1) is 19.0. The summed E-state index contributed by atoms with van der Waals surface area (Å²) in [7, 11) is 0. The molecule has 0 amide bonds. The maximum atomic E-state index is 11.1. The second kappa shape index (κ2) is 11.8. The molecule has 0 aromatic rings. The Morgan fingerprint density at radius 2 is 1.14 bits per heavy atom. The number of hydrogen-bond acceptors (Lipinski definition) is 6. The summed E-state index contributed by atoms with van der Waals surface area (Å²) >= 11 is 0. The highest BCUT2D eigenvalue weighted by atomic mass is 16.7. The molecular formula is C15H24O6. The molecule has 0 spiro atoms. The van der Waals surface area contributed by atoms with E-state index in [0.29, 0.717) is 6.42 Å². The molecule has 0 saturated heterocycles. The molecule has 21 heavy (non-hydrogen) atoms. The van der Waals surface area contributed by atoms with Gasteiger partial charge < -0.3 is 18.9 Å². The van der Waals surface area contributed by atoms with Crippen LogP contribution in [0.15, 0.2) is 24.3 Å². The van der Waals surface area contributed by atoms with Crippen molar-refractivity contribution in [1.29, 1.82) is 0 Å². The molecule has 0 aliphatic heterocycles. The van der Waals surface area contributed by atoms with E-state index in [4.69, 9.17) is 18.9 Å². The molecule has 0 aromatic heterocycles. The van der Waals surface area contributed by atoms with Crippen LogP contribution >= 0.6 is 0 Å². The quantitative estimate of drug-likeness (QED) is 0.348. The van der Waals surface area contributed by atoms with Crippen LogP contribution in [-0.4, -0.2) is 38.7 Å². The largest absolute Gasteiger partial charge is 0.508 e. The molecule has 0 rings (SSSR count). The van der Waals surface area contributed by atoms with Crippen molar-refractivity contribution in [3.63, 3.8) is 0 Å². The van der Waals surface area contributed by atoms with Crippen molar-refractivity contribution in [3.8, 4) is 0 Å². The third kappa shape index (κ3) is 11.5. The van der Waals surface area contributed by atoms with E-state index < -0.39 is 12.3 Å². The molecule has 0 radical (unpaired) electrons. The molecule has 0 N–H and O–H groups in total. The Bertz CT molecular complexity index is 327. The maximum Gasteiger partial charge on any atom is 0.508 e. The first-order valence-corrected chi connectivity index (χ1v) is 6.91. The number of carbonyl (C=O) groups is 2. The fourth-order valence-corrected chi connectivity index (χ4v) is 0.979. The summed E-state index contributed by atoms with van der Waals surface area (Å²) < 4.78 is 19.2. The number of ether oxygens (including phenoxy) is 4. The summed E-state index contributed by atoms with van der Waals surface area (Å²) in [6.45, 7) is 11.8. The lowest BCUT2D eigenvalue weighted by Gasteiger charge is -2.08. The highest BCUT2D eigenvalue weighted by molar-refractivity contribution is 5.60. The summed E-state index contributed by atoms with van der Waals surface area (Å²) in [6.07, 6.45) is 0.340. The maximum absolute atomic E-state index is 11.1. The Kier molecular flexibility index (Phi) is 10.7. The van der Waals surface area contributed by atoms with Crippen LogP contribution in [-0.2, 0) is 18.9 Å². The standard InChI is InChI=1S/C15H24O6/c1-5-12(3)10-20-14(16)18-8-7-9-19-15(17)21-11-13(4)6-2/h3-11H2,1-2H3. The minimum Gasteiger partial charge on any atom is -0.434 e. The van der Waals surface area contributed by atoms with E-state index in [2.05, 4.69) is 13.2 Å². The predicted octanol–water partition coefficient (Wildman–Crippen LogP) is 3.62. The first-order valence-electron chi connectivity index (χ1n) is 6.91. The Hall–Kier alpha value is -1.98. The first-order chi connectivity index (χ1) is 9.99.